The van der Waals surface area contributed by atoms with Gasteiger partial charge in [0.05, 0.1) is 6.10 Å². The lowest BCUT2D eigenvalue weighted by atomic mass is 9.46. The smallest absolute Gasteiger partial charge is 0.0690 e. The Kier molecular flexibility index (Phi) is 2.80. The fourth-order valence-corrected chi connectivity index (χ4v) is 4.05. The van der Waals surface area contributed by atoms with E-state index in [0.717, 1.165) is 25.1 Å². The summed E-state index contributed by atoms with van der Waals surface area (Å²) < 4.78 is 5.91. The van der Waals surface area contributed by atoms with Gasteiger partial charge in [0.15, 0.2) is 0 Å². The predicted molar refractivity (Wildman–Crippen MR) is 65.4 cm³/mol. The topological polar surface area (TPSA) is 21.3 Å². The summed E-state index contributed by atoms with van der Waals surface area (Å²) in [5.74, 6) is 0.825. The van der Waals surface area contributed by atoms with Crippen LogP contribution in [0.15, 0.2) is 12.2 Å². The lowest BCUT2D eigenvalue weighted by molar-refractivity contribution is -0.175. The standard InChI is InChI=1S/C14H23NO/c1-2-3-4-9-15-12-11-6-10-16-13(11)14(12)7-5-8-14/h2-3,11-13,15H,4-10H2,1H3/b3-2+. The van der Waals surface area contributed by atoms with E-state index in [4.69, 9.17) is 4.74 Å². The van der Waals surface area contributed by atoms with Crippen molar-refractivity contribution in [1.82, 2.24) is 5.32 Å². The van der Waals surface area contributed by atoms with Gasteiger partial charge in [-0.1, -0.05) is 18.6 Å². The van der Waals surface area contributed by atoms with Gasteiger partial charge < -0.3 is 10.1 Å². The van der Waals surface area contributed by atoms with E-state index >= 15 is 0 Å². The van der Waals surface area contributed by atoms with Gasteiger partial charge in [0.25, 0.3) is 0 Å². The zero-order chi connectivity index (χ0) is 11.0. The van der Waals surface area contributed by atoms with Gasteiger partial charge in [-0.25, -0.2) is 0 Å². The Labute approximate surface area is 98.4 Å². The van der Waals surface area contributed by atoms with E-state index in [1.807, 2.05) is 0 Å². The fourth-order valence-electron chi connectivity index (χ4n) is 4.05. The normalized spacial score (nSPS) is 39.7. The van der Waals surface area contributed by atoms with Crippen LogP contribution in [-0.2, 0) is 4.74 Å². The molecule has 90 valence electrons. The molecule has 1 heterocycles. The summed E-state index contributed by atoms with van der Waals surface area (Å²) in [6.07, 6.45) is 11.7. The lowest BCUT2D eigenvalue weighted by Crippen LogP contribution is -2.71. The molecule has 1 aliphatic heterocycles. The first-order valence-corrected chi connectivity index (χ1v) is 6.84. The molecule has 2 saturated carbocycles. The lowest BCUT2D eigenvalue weighted by Gasteiger charge is -2.63. The molecule has 3 aliphatic rings. The van der Waals surface area contributed by atoms with Crippen molar-refractivity contribution in [3.8, 4) is 0 Å². The van der Waals surface area contributed by atoms with E-state index in [9.17, 15) is 0 Å². The quantitative estimate of drug-likeness (QED) is 0.582. The van der Waals surface area contributed by atoms with Crippen LogP contribution in [0.5, 0.6) is 0 Å². The van der Waals surface area contributed by atoms with E-state index in [1.54, 1.807) is 0 Å². The molecule has 0 aromatic carbocycles. The third kappa shape index (κ3) is 1.39. The Hall–Kier alpha value is -0.340. The molecule has 3 atom stereocenters. The molecule has 3 unspecified atom stereocenters. The number of ether oxygens (including phenoxy) is 1. The largest absolute Gasteiger partial charge is 0.377 e. The second-order valence-corrected chi connectivity index (χ2v) is 5.62. The minimum absolute atomic E-state index is 0.553. The van der Waals surface area contributed by atoms with Crippen molar-refractivity contribution >= 4 is 0 Å². The third-order valence-corrected chi connectivity index (χ3v) is 4.95. The minimum atomic E-state index is 0.553. The van der Waals surface area contributed by atoms with E-state index in [-0.39, 0.29) is 0 Å². The summed E-state index contributed by atoms with van der Waals surface area (Å²) in [6.45, 7) is 4.24. The minimum Gasteiger partial charge on any atom is -0.377 e. The van der Waals surface area contributed by atoms with Crippen LogP contribution in [-0.4, -0.2) is 25.3 Å². The summed E-state index contributed by atoms with van der Waals surface area (Å²) in [6, 6.07) is 0.763. The second kappa shape index (κ2) is 4.15. The van der Waals surface area contributed by atoms with Gasteiger partial charge in [-0.05, 0) is 39.2 Å². The number of rotatable bonds is 4. The number of nitrogens with one attached hydrogen (secondary N) is 1. The van der Waals surface area contributed by atoms with Crippen LogP contribution in [0.3, 0.4) is 0 Å². The van der Waals surface area contributed by atoms with Gasteiger partial charge in [-0.3, -0.25) is 0 Å². The van der Waals surface area contributed by atoms with Gasteiger partial charge >= 0.3 is 0 Å². The van der Waals surface area contributed by atoms with Crippen LogP contribution < -0.4 is 5.32 Å². The van der Waals surface area contributed by atoms with Gasteiger partial charge in [0, 0.05) is 24.0 Å². The van der Waals surface area contributed by atoms with Crippen molar-refractivity contribution in [3.05, 3.63) is 12.2 Å². The van der Waals surface area contributed by atoms with Gasteiger partial charge in [0.2, 0.25) is 0 Å². The molecule has 0 radical (unpaired) electrons. The van der Waals surface area contributed by atoms with Crippen molar-refractivity contribution in [2.45, 2.75) is 51.2 Å². The van der Waals surface area contributed by atoms with Gasteiger partial charge in [-0.2, -0.15) is 0 Å². The molecule has 0 aromatic heterocycles. The molecule has 1 spiro atoms. The number of hydrogen-bond donors (Lipinski definition) is 1. The summed E-state index contributed by atoms with van der Waals surface area (Å²) >= 11 is 0. The molecule has 0 bridgehead atoms. The fraction of sp³-hybridized carbons (Fsp3) is 0.857. The van der Waals surface area contributed by atoms with Crippen LogP contribution in [0, 0.1) is 11.3 Å². The summed E-state index contributed by atoms with van der Waals surface area (Å²) in [4.78, 5) is 0. The Morgan fingerprint density at radius 2 is 2.31 bits per heavy atom. The van der Waals surface area contributed by atoms with Crippen LogP contribution in [0.2, 0.25) is 0 Å². The van der Waals surface area contributed by atoms with E-state index < -0.39 is 0 Å². The molecule has 2 nitrogen and oxygen atoms in total. The molecule has 2 aliphatic carbocycles. The van der Waals surface area contributed by atoms with E-state index in [2.05, 4.69) is 24.4 Å². The first kappa shape index (κ1) is 10.8. The summed E-state index contributed by atoms with van der Waals surface area (Å²) in [5, 5.41) is 3.79. The highest BCUT2D eigenvalue weighted by Gasteiger charge is 2.66. The monoisotopic (exact) mass is 221 g/mol. The molecule has 0 aromatic rings. The molecule has 3 rings (SSSR count). The maximum Gasteiger partial charge on any atom is 0.0690 e. The van der Waals surface area contributed by atoms with Gasteiger partial charge in [-0.15, -0.1) is 0 Å². The highest BCUT2D eigenvalue weighted by Crippen LogP contribution is 2.62. The Bertz CT molecular complexity index is 282. The van der Waals surface area contributed by atoms with E-state index in [1.165, 1.54) is 32.1 Å². The predicted octanol–water partition coefficient (Wildman–Crippen LogP) is 2.50. The maximum absolute atomic E-state index is 5.91. The molecule has 16 heavy (non-hydrogen) atoms. The molecule has 1 N–H and O–H groups in total. The number of hydrogen-bond acceptors (Lipinski definition) is 2. The molecule has 2 heteroatoms. The van der Waals surface area contributed by atoms with Crippen molar-refractivity contribution in [2.24, 2.45) is 11.3 Å². The van der Waals surface area contributed by atoms with Gasteiger partial charge in [0.1, 0.15) is 0 Å². The zero-order valence-corrected chi connectivity index (χ0v) is 10.2. The number of fused-ring (bicyclic) bond motifs is 2. The van der Waals surface area contributed by atoms with E-state index in [0.29, 0.717) is 11.5 Å². The van der Waals surface area contributed by atoms with Crippen molar-refractivity contribution in [3.63, 3.8) is 0 Å². The van der Waals surface area contributed by atoms with Crippen molar-refractivity contribution < 1.29 is 4.74 Å². The molecule has 3 fully saturated rings. The van der Waals surface area contributed by atoms with Crippen LogP contribution in [0.4, 0.5) is 0 Å². The van der Waals surface area contributed by atoms with Crippen molar-refractivity contribution in [1.29, 1.82) is 0 Å². The average Bonchev–Trinajstić information content (AvgIpc) is 2.61. The summed E-state index contributed by atoms with van der Waals surface area (Å²) in [5.41, 5.74) is 0.553. The first-order valence-electron chi connectivity index (χ1n) is 6.84. The third-order valence-electron chi connectivity index (χ3n) is 4.95. The zero-order valence-electron chi connectivity index (χ0n) is 10.2. The highest BCUT2D eigenvalue weighted by atomic mass is 16.5. The summed E-state index contributed by atoms with van der Waals surface area (Å²) in [7, 11) is 0. The molecule has 1 saturated heterocycles. The molecular formula is C14H23NO. The van der Waals surface area contributed by atoms with Crippen LogP contribution in [0.25, 0.3) is 0 Å². The average molecular weight is 221 g/mol. The molecular weight excluding hydrogens is 198 g/mol. The van der Waals surface area contributed by atoms with Crippen LogP contribution in [0.1, 0.15) is 39.0 Å². The van der Waals surface area contributed by atoms with Crippen LogP contribution >= 0.6 is 0 Å². The number of allylic oxidation sites excluding steroid dienone is 1. The SMILES string of the molecule is C/C=C/CCNC1C2CCOC2C12CCC2. The Balaban J connectivity index is 1.57. The first-order chi connectivity index (χ1) is 7.88. The Morgan fingerprint density at radius 1 is 1.44 bits per heavy atom. The second-order valence-electron chi connectivity index (χ2n) is 5.62. The Morgan fingerprint density at radius 3 is 3.00 bits per heavy atom. The molecule has 0 amide bonds. The maximum atomic E-state index is 5.91. The highest BCUT2D eigenvalue weighted by molar-refractivity contribution is 5.18. The van der Waals surface area contributed by atoms with Crippen molar-refractivity contribution in [2.75, 3.05) is 13.2 Å².